The maximum Gasteiger partial charge on any atom is 0.231 e. The minimum Gasteiger partial charge on any atom is -0.454 e. The van der Waals surface area contributed by atoms with Crippen molar-refractivity contribution in [1.82, 2.24) is 4.90 Å². The number of benzene rings is 1. The average Bonchev–Trinajstić information content (AvgIpc) is 3.10. The number of hydrogen-bond acceptors (Lipinski definition) is 4. The Hall–Kier alpha value is -1.55. The van der Waals surface area contributed by atoms with E-state index in [1.807, 2.05) is 0 Å². The highest BCUT2D eigenvalue weighted by atomic mass is 16.7. The lowest BCUT2D eigenvalue weighted by molar-refractivity contribution is -0.121. The lowest BCUT2D eigenvalue weighted by Crippen LogP contribution is -2.33. The van der Waals surface area contributed by atoms with Crippen LogP contribution in [0.25, 0.3) is 0 Å². The number of carbonyl (C=O) groups is 1. The van der Waals surface area contributed by atoms with Gasteiger partial charge in [0.2, 0.25) is 6.79 Å². The molecule has 2 heterocycles. The molecule has 4 aliphatic rings. The van der Waals surface area contributed by atoms with Gasteiger partial charge < -0.3 is 9.47 Å². The van der Waals surface area contributed by atoms with Crippen molar-refractivity contribution in [2.45, 2.75) is 50.0 Å². The van der Waals surface area contributed by atoms with Gasteiger partial charge in [0.25, 0.3) is 0 Å². The van der Waals surface area contributed by atoms with Crippen molar-refractivity contribution in [3.63, 3.8) is 0 Å². The fourth-order valence-electron chi connectivity index (χ4n) is 5.09. The highest BCUT2D eigenvalue weighted by Crippen LogP contribution is 2.61. The van der Waals surface area contributed by atoms with Crippen molar-refractivity contribution in [3.8, 4) is 11.5 Å². The zero-order chi connectivity index (χ0) is 14.9. The number of likely N-dealkylation sites (N-methyl/N-ethyl adjacent to an activating group) is 1. The first-order chi connectivity index (χ1) is 10.7. The molecule has 0 saturated heterocycles. The molecular weight excluding hydrogens is 278 g/mol. The van der Waals surface area contributed by atoms with Crippen LogP contribution in [0.2, 0.25) is 0 Å². The normalized spacial score (nSPS) is 28.2. The van der Waals surface area contributed by atoms with E-state index in [2.05, 4.69) is 18.0 Å². The third-order valence-corrected chi connectivity index (χ3v) is 6.27. The Kier molecular flexibility index (Phi) is 2.50. The first-order valence-electron chi connectivity index (χ1n) is 8.36. The van der Waals surface area contributed by atoms with Gasteiger partial charge >= 0.3 is 0 Å². The number of rotatable bonds is 0. The minimum atomic E-state index is 0.125. The van der Waals surface area contributed by atoms with Crippen molar-refractivity contribution < 1.29 is 14.3 Å². The van der Waals surface area contributed by atoms with Gasteiger partial charge in [0.1, 0.15) is 5.78 Å². The molecule has 1 spiro atoms. The van der Waals surface area contributed by atoms with Crippen LogP contribution in [0.4, 0.5) is 0 Å². The van der Waals surface area contributed by atoms with Crippen LogP contribution in [-0.4, -0.2) is 31.1 Å². The molecule has 4 nitrogen and oxygen atoms in total. The molecule has 1 fully saturated rings. The molecule has 22 heavy (non-hydrogen) atoms. The molecule has 0 unspecified atom stereocenters. The second-order valence-electron chi connectivity index (χ2n) is 7.33. The number of hydrogen-bond donors (Lipinski definition) is 0. The lowest BCUT2D eigenvalue weighted by Gasteiger charge is -2.35. The van der Waals surface area contributed by atoms with Crippen LogP contribution in [-0.2, 0) is 16.6 Å². The number of fused-ring (bicyclic) bond motifs is 3. The van der Waals surface area contributed by atoms with Crippen LogP contribution in [0.1, 0.15) is 54.8 Å². The van der Waals surface area contributed by atoms with Crippen molar-refractivity contribution >= 4 is 5.78 Å². The lowest BCUT2D eigenvalue weighted by atomic mass is 9.69. The van der Waals surface area contributed by atoms with Gasteiger partial charge in [-0.15, -0.1) is 0 Å². The summed E-state index contributed by atoms with van der Waals surface area (Å²) in [7, 11) is 2.23. The molecule has 1 atom stereocenters. The maximum atomic E-state index is 11.8. The van der Waals surface area contributed by atoms with E-state index in [1.54, 1.807) is 0 Å². The largest absolute Gasteiger partial charge is 0.454 e. The fourth-order valence-corrected chi connectivity index (χ4v) is 5.09. The average molecular weight is 299 g/mol. The highest BCUT2D eigenvalue weighted by molar-refractivity contribution is 5.80. The van der Waals surface area contributed by atoms with E-state index >= 15 is 0 Å². The van der Waals surface area contributed by atoms with Gasteiger partial charge in [0.15, 0.2) is 11.5 Å². The van der Waals surface area contributed by atoms with Crippen LogP contribution >= 0.6 is 0 Å². The molecule has 0 amide bonds. The van der Waals surface area contributed by atoms with Gasteiger partial charge in [0, 0.05) is 36.4 Å². The molecule has 0 N–H and O–H groups in total. The topological polar surface area (TPSA) is 38.8 Å². The van der Waals surface area contributed by atoms with Gasteiger partial charge in [-0.2, -0.15) is 0 Å². The standard InChI is InChI=1S/C18H21NO3/c1-19-7-4-11-8-14-17(22-10-21-14)16-15(11)13(19)9-18(16)5-2-12(20)3-6-18/h8,13H,2-7,9-10H2,1H3/t13-/m0/s1. The third kappa shape index (κ3) is 1.54. The molecule has 0 bridgehead atoms. The Morgan fingerprint density at radius 1 is 1.23 bits per heavy atom. The van der Waals surface area contributed by atoms with E-state index in [9.17, 15) is 4.79 Å². The van der Waals surface area contributed by atoms with Gasteiger partial charge in [-0.1, -0.05) is 0 Å². The molecule has 2 aliphatic heterocycles. The quantitative estimate of drug-likeness (QED) is 0.738. The van der Waals surface area contributed by atoms with E-state index < -0.39 is 0 Å². The van der Waals surface area contributed by atoms with Crippen molar-refractivity contribution in [3.05, 3.63) is 22.8 Å². The molecule has 2 aliphatic carbocycles. The highest BCUT2D eigenvalue weighted by Gasteiger charge is 2.51. The van der Waals surface area contributed by atoms with Crippen molar-refractivity contribution in [1.29, 1.82) is 0 Å². The molecule has 0 aromatic heterocycles. The Balaban J connectivity index is 1.74. The Labute approximate surface area is 130 Å². The van der Waals surface area contributed by atoms with Crippen LogP contribution < -0.4 is 9.47 Å². The molecule has 1 aromatic carbocycles. The predicted octanol–water partition coefficient (Wildman–Crippen LogP) is 2.73. The smallest absolute Gasteiger partial charge is 0.231 e. The molecule has 1 aromatic rings. The van der Waals surface area contributed by atoms with Gasteiger partial charge in [-0.3, -0.25) is 9.69 Å². The number of ether oxygens (including phenoxy) is 2. The van der Waals surface area contributed by atoms with Crippen molar-refractivity contribution in [2.24, 2.45) is 0 Å². The molecule has 1 saturated carbocycles. The molecular formula is C18H21NO3. The summed E-state index contributed by atoms with van der Waals surface area (Å²) >= 11 is 0. The summed E-state index contributed by atoms with van der Waals surface area (Å²) < 4.78 is 11.6. The Morgan fingerprint density at radius 2 is 2.05 bits per heavy atom. The molecule has 4 heteroatoms. The molecule has 5 rings (SSSR count). The maximum absolute atomic E-state index is 11.8. The SMILES string of the molecule is CN1CCc2cc3c(c4c2[C@@H]1CC41CCC(=O)CC1)OCO3. The van der Waals surface area contributed by atoms with Gasteiger partial charge in [0.05, 0.1) is 0 Å². The summed E-state index contributed by atoms with van der Waals surface area (Å²) in [4.78, 5) is 14.3. The zero-order valence-electron chi connectivity index (χ0n) is 13.0. The predicted molar refractivity (Wildman–Crippen MR) is 81.4 cm³/mol. The molecule has 0 radical (unpaired) electrons. The van der Waals surface area contributed by atoms with E-state index in [1.165, 1.54) is 16.7 Å². The van der Waals surface area contributed by atoms with Crippen LogP contribution in [0.5, 0.6) is 11.5 Å². The number of carbonyl (C=O) groups excluding carboxylic acids is 1. The van der Waals surface area contributed by atoms with Crippen LogP contribution in [0.3, 0.4) is 0 Å². The van der Waals surface area contributed by atoms with Gasteiger partial charge in [-0.05, 0) is 49.9 Å². The second kappa shape index (κ2) is 4.25. The number of Topliss-reactive ketones (excluding diaryl/α,β-unsaturated/α-hetero) is 1. The first kappa shape index (κ1) is 12.9. The van der Waals surface area contributed by atoms with E-state index in [-0.39, 0.29) is 5.41 Å². The summed E-state index contributed by atoms with van der Waals surface area (Å²) in [6.07, 6.45) is 5.61. The summed E-state index contributed by atoms with van der Waals surface area (Å²) in [6, 6.07) is 2.69. The summed E-state index contributed by atoms with van der Waals surface area (Å²) in [5, 5.41) is 0. The second-order valence-corrected chi connectivity index (χ2v) is 7.33. The Bertz CT molecular complexity index is 671. The summed E-state index contributed by atoms with van der Waals surface area (Å²) in [5.74, 6) is 2.32. The fraction of sp³-hybridized carbons (Fsp3) is 0.611. The third-order valence-electron chi connectivity index (χ3n) is 6.27. The van der Waals surface area contributed by atoms with Crippen LogP contribution in [0, 0.1) is 0 Å². The zero-order valence-corrected chi connectivity index (χ0v) is 13.0. The van der Waals surface area contributed by atoms with E-state index in [0.29, 0.717) is 18.6 Å². The minimum absolute atomic E-state index is 0.125. The number of nitrogens with zero attached hydrogens (tertiary/aromatic N) is 1. The number of ketones is 1. The first-order valence-corrected chi connectivity index (χ1v) is 8.36. The van der Waals surface area contributed by atoms with E-state index in [0.717, 1.165) is 56.6 Å². The summed E-state index contributed by atoms with van der Waals surface area (Å²) in [6.45, 7) is 1.44. The summed E-state index contributed by atoms with van der Waals surface area (Å²) in [5.41, 5.74) is 4.45. The Morgan fingerprint density at radius 3 is 2.86 bits per heavy atom. The molecule has 116 valence electrons. The van der Waals surface area contributed by atoms with Crippen molar-refractivity contribution in [2.75, 3.05) is 20.4 Å². The van der Waals surface area contributed by atoms with Crippen LogP contribution in [0.15, 0.2) is 6.07 Å². The van der Waals surface area contributed by atoms with E-state index in [4.69, 9.17) is 9.47 Å². The van der Waals surface area contributed by atoms with Gasteiger partial charge in [-0.25, -0.2) is 0 Å². The monoisotopic (exact) mass is 299 g/mol.